The molecular weight excluding hydrogens is 168 g/mol. The summed E-state index contributed by atoms with van der Waals surface area (Å²) in [4.78, 5) is 0. The van der Waals surface area contributed by atoms with E-state index in [-0.39, 0.29) is 0 Å². The van der Waals surface area contributed by atoms with Crippen molar-refractivity contribution in [2.75, 3.05) is 0 Å². The molecule has 0 amide bonds. The monoisotopic (exact) mass is 190 g/mol. The Bertz CT molecular complexity index is 286. The van der Waals surface area contributed by atoms with E-state index >= 15 is 0 Å². The zero-order valence-electron chi connectivity index (χ0n) is 9.93. The third-order valence-electron chi connectivity index (χ3n) is 2.85. The molecule has 1 atom stereocenters. The molecule has 0 heterocycles. The molecule has 0 aliphatic carbocycles. The summed E-state index contributed by atoms with van der Waals surface area (Å²) in [5.74, 6) is 0.821. The number of hydrogen-bond acceptors (Lipinski definition) is 0. The first kappa shape index (κ1) is 11.3. The minimum absolute atomic E-state index is 0.821. The maximum absolute atomic E-state index is 2.35. The number of rotatable bonds is 4. The van der Waals surface area contributed by atoms with E-state index in [1.54, 1.807) is 0 Å². The van der Waals surface area contributed by atoms with Crippen molar-refractivity contribution in [3.8, 4) is 0 Å². The standard InChI is InChI=1S/C14H22/c1-5-6-11(2)10-14-8-7-12(3)9-13(14)4/h7-9,11H,5-6,10H2,1-4H3. The molecule has 0 N–H and O–H groups in total. The molecule has 0 fully saturated rings. The molecule has 0 saturated heterocycles. The maximum atomic E-state index is 2.35. The van der Waals surface area contributed by atoms with E-state index in [0.29, 0.717) is 0 Å². The zero-order valence-corrected chi connectivity index (χ0v) is 9.93. The van der Waals surface area contributed by atoms with Crippen molar-refractivity contribution < 1.29 is 0 Å². The van der Waals surface area contributed by atoms with Crippen LogP contribution in [0, 0.1) is 19.8 Å². The van der Waals surface area contributed by atoms with Crippen molar-refractivity contribution >= 4 is 0 Å². The minimum Gasteiger partial charge on any atom is -0.0654 e. The van der Waals surface area contributed by atoms with Gasteiger partial charge in [-0.15, -0.1) is 0 Å². The first-order valence-electron chi connectivity index (χ1n) is 5.69. The highest BCUT2D eigenvalue weighted by molar-refractivity contribution is 5.30. The van der Waals surface area contributed by atoms with Gasteiger partial charge in [0.1, 0.15) is 0 Å². The van der Waals surface area contributed by atoms with Crippen LogP contribution in [0.4, 0.5) is 0 Å². The molecule has 0 aromatic heterocycles. The normalized spacial score (nSPS) is 12.9. The van der Waals surface area contributed by atoms with Crippen LogP contribution in [-0.4, -0.2) is 0 Å². The second-order valence-corrected chi connectivity index (χ2v) is 4.53. The quantitative estimate of drug-likeness (QED) is 0.664. The zero-order chi connectivity index (χ0) is 10.6. The lowest BCUT2D eigenvalue weighted by Crippen LogP contribution is -2.01. The Morgan fingerprint density at radius 1 is 1.21 bits per heavy atom. The second-order valence-electron chi connectivity index (χ2n) is 4.53. The Balaban J connectivity index is 2.67. The van der Waals surface area contributed by atoms with Crippen molar-refractivity contribution in [3.63, 3.8) is 0 Å². The van der Waals surface area contributed by atoms with E-state index in [1.807, 2.05) is 0 Å². The molecule has 1 aromatic rings. The van der Waals surface area contributed by atoms with Crippen molar-refractivity contribution in [2.45, 2.75) is 47.0 Å². The fourth-order valence-electron chi connectivity index (χ4n) is 2.05. The molecular formula is C14H22. The topological polar surface area (TPSA) is 0 Å². The van der Waals surface area contributed by atoms with Gasteiger partial charge >= 0.3 is 0 Å². The van der Waals surface area contributed by atoms with Crippen LogP contribution in [0.5, 0.6) is 0 Å². The predicted octanol–water partition coefficient (Wildman–Crippen LogP) is 4.28. The van der Waals surface area contributed by atoms with Gasteiger partial charge in [-0.05, 0) is 37.3 Å². The molecule has 1 unspecified atom stereocenters. The second kappa shape index (κ2) is 5.19. The van der Waals surface area contributed by atoms with Crippen LogP contribution >= 0.6 is 0 Å². The highest BCUT2D eigenvalue weighted by atomic mass is 14.1. The van der Waals surface area contributed by atoms with Crippen LogP contribution in [0.25, 0.3) is 0 Å². The average Bonchev–Trinajstić information content (AvgIpc) is 2.10. The summed E-state index contributed by atoms with van der Waals surface area (Å²) < 4.78 is 0. The lowest BCUT2D eigenvalue weighted by Gasteiger charge is -2.12. The van der Waals surface area contributed by atoms with Crippen molar-refractivity contribution in [1.82, 2.24) is 0 Å². The molecule has 0 saturated carbocycles. The first-order valence-corrected chi connectivity index (χ1v) is 5.69. The van der Waals surface area contributed by atoms with Gasteiger partial charge in [0.2, 0.25) is 0 Å². The Kier molecular flexibility index (Phi) is 4.19. The fraction of sp³-hybridized carbons (Fsp3) is 0.571. The van der Waals surface area contributed by atoms with Gasteiger partial charge in [0.25, 0.3) is 0 Å². The van der Waals surface area contributed by atoms with E-state index < -0.39 is 0 Å². The predicted molar refractivity (Wildman–Crippen MR) is 63.7 cm³/mol. The molecule has 1 aromatic carbocycles. The largest absolute Gasteiger partial charge is 0.0654 e. The molecule has 0 heteroatoms. The van der Waals surface area contributed by atoms with Crippen molar-refractivity contribution in [1.29, 1.82) is 0 Å². The molecule has 1 rings (SSSR count). The van der Waals surface area contributed by atoms with Gasteiger partial charge < -0.3 is 0 Å². The molecule has 0 bridgehead atoms. The highest BCUT2D eigenvalue weighted by Crippen LogP contribution is 2.17. The highest BCUT2D eigenvalue weighted by Gasteiger charge is 2.04. The van der Waals surface area contributed by atoms with Gasteiger partial charge in [-0.25, -0.2) is 0 Å². The number of aryl methyl sites for hydroxylation is 2. The van der Waals surface area contributed by atoms with E-state index in [0.717, 1.165) is 5.92 Å². The molecule has 14 heavy (non-hydrogen) atoms. The van der Waals surface area contributed by atoms with E-state index in [4.69, 9.17) is 0 Å². The summed E-state index contributed by atoms with van der Waals surface area (Å²) in [6.45, 7) is 8.99. The fourth-order valence-corrected chi connectivity index (χ4v) is 2.05. The van der Waals surface area contributed by atoms with Gasteiger partial charge in [-0.3, -0.25) is 0 Å². The van der Waals surface area contributed by atoms with E-state index in [9.17, 15) is 0 Å². The summed E-state index contributed by atoms with van der Waals surface area (Å²) in [7, 11) is 0. The van der Waals surface area contributed by atoms with Gasteiger partial charge in [0.05, 0.1) is 0 Å². The van der Waals surface area contributed by atoms with Gasteiger partial charge in [-0.2, -0.15) is 0 Å². The Morgan fingerprint density at radius 2 is 1.93 bits per heavy atom. The lowest BCUT2D eigenvalue weighted by molar-refractivity contribution is 0.521. The molecule has 0 aliphatic rings. The van der Waals surface area contributed by atoms with Crippen molar-refractivity contribution in [3.05, 3.63) is 34.9 Å². The Morgan fingerprint density at radius 3 is 2.50 bits per heavy atom. The van der Waals surface area contributed by atoms with E-state index in [2.05, 4.69) is 45.9 Å². The van der Waals surface area contributed by atoms with Crippen LogP contribution in [-0.2, 0) is 6.42 Å². The summed E-state index contributed by atoms with van der Waals surface area (Å²) in [5.41, 5.74) is 4.35. The summed E-state index contributed by atoms with van der Waals surface area (Å²) in [6, 6.07) is 6.80. The number of benzene rings is 1. The third kappa shape index (κ3) is 3.17. The van der Waals surface area contributed by atoms with Crippen LogP contribution in [0.1, 0.15) is 43.4 Å². The molecule has 0 aliphatic heterocycles. The average molecular weight is 190 g/mol. The maximum Gasteiger partial charge on any atom is -0.0250 e. The SMILES string of the molecule is CCCC(C)Cc1ccc(C)cc1C. The van der Waals surface area contributed by atoms with Crippen LogP contribution in [0.3, 0.4) is 0 Å². The van der Waals surface area contributed by atoms with Crippen LogP contribution in [0.2, 0.25) is 0 Å². The third-order valence-corrected chi connectivity index (χ3v) is 2.85. The Labute approximate surface area is 88.4 Å². The van der Waals surface area contributed by atoms with Gasteiger partial charge in [0, 0.05) is 0 Å². The van der Waals surface area contributed by atoms with Gasteiger partial charge in [-0.1, -0.05) is 50.5 Å². The lowest BCUT2D eigenvalue weighted by atomic mass is 9.93. The Hall–Kier alpha value is -0.780. The van der Waals surface area contributed by atoms with E-state index in [1.165, 1.54) is 36.0 Å². The summed E-state index contributed by atoms with van der Waals surface area (Å²) in [5, 5.41) is 0. The number of hydrogen-bond donors (Lipinski definition) is 0. The molecule has 0 nitrogen and oxygen atoms in total. The molecule has 78 valence electrons. The smallest absolute Gasteiger partial charge is 0.0250 e. The molecule has 0 radical (unpaired) electrons. The van der Waals surface area contributed by atoms with Gasteiger partial charge in [0.15, 0.2) is 0 Å². The van der Waals surface area contributed by atoms with Crippen LogP contribution in [0.15, 0.2) is 18.2 Å². The minimum atomic E-state index is 0.821. The van der Waals surface area contributed by atoms with Crippen LogP contribution < -0.4 is 0 Å². The van der Waals surface area contributed by atoms with Crippen molar-refractivity contribution in [2.24, 2.45) is 5.92 Å². The summed E-state index contributed by atoms with van der Waals surface area (Å²) >= 11 is 0. The first-order chi connectivity index (χ1) is 6.63. The summed E-state index contributed by atoms with van der Waals surface area (Å²) in [6.07, 6.45) is 3.87. The molecule has 0 spiro atoms.